The van der Waals surface area contributed by atoms with Crippen LogP contribution in [0.5, 0.6) is 5.75 Å². The normalized spacial score (nSPS) is 11.7. The summed E-state index contributed by atoms with van der Waals surface area (Å²) in [6.07, 6.45) is 4.10. The van der Waals surface area contributed by atoms with Gasteiger partial charge in [-0.1, -0.05) is 24.3 Å². The van der Waals surface area contributed by atoms with Gasteiger partial charge in [0.1, 0.15) is 12.4 Å². The van der Waals surface area contributed by atoms with E-state index in [4.69, 9.17) is 4.74 Å². The third kappa shape index (κ3) is 2.48. The first-order valence-corrected chi connectivity index (χ1v) is 3.35. The van der Waals surface area contributed by atoms with E-state index in [1.54, 1.807) is 0 Å². The average molecular weight is 292 g/mol. The molecule has 0 aromatic heterocycles. The van der Waals surface area contributed by atoms with Crippen molar-refractivity contribution in [1.82, 2.24) is 0 Å². The third-order valence-corrected chi connectivity index (χ3v) is 1.55. The van der Waals surface area contributed by atoms with Crippen LogP contribution in [-0.2, 0) is 38.1 Å². The molecule has 0 unspecified atom stereocenters. The zero-order valence-electron chi connectivity index (χ0n) is 6.29. The second kappa shape index (κ2) is 5.59. The zero-order valence-corrected chi connectivity index (χ0v) is 9.24. The van der Waals surface area contributed by atoms with Gasteiger partial charge in [0.15, 0.2) is 0 Å². The van der Waals surface area contributed by atoms with E-state index in [9.17, 15) is 0 Å². The van der Waals surface area contributed by atoms with Gasteiger partial charge in [0.2, 0.25) is 0 Å². The van der Waals surface area contributed by atoms with E-state index in [1.165, 1.54) is 5.56 Å². The Morgan fingerprint density at radius 3 is 2.67 bits per heavy atom. The quantitative estimate of drug-likeness (QED) is 0.665. The zero-order chi connectivity index (χ0) is 6.81. The molecule has 1 aromatic carbocycles. The van der Waals surface area contributed by atoms with Gasteiger partial charge >= 0.3 is 0 Å². The molecule has 0 saturated heterocycles. The fourth-order valence-corrected chi connectivity index (χ4v) is 1.06. The third-order valence-electron chi connectivity index (χ3n) is 1.55. The fraction of sp³-hybridized carbons (Fsp3) is 0.111. The molecule has 1 heterocycles. The Morgan fingerprint density at radius 1 is 1.17 bits per heavy atom. The van der Waals surface area contributed by atoms with Crippen molar-refractivity contribution in [2.45, 2.75) is 0 Å². The molecule has 0 amide bonds. The number of hydrogen-bond donors (Lipinski definition) is 0. The van der Waals surface area contributed by atoms with E-state index in [0.717, 1.165) is 5.75 Å². The maximum absolute atomic E-state index is 5.34. The van der Waals surface area contributed by atoms with Crippen LogP contribution in [-0.4, -0.2) is 6.61 Å². The summed E-state index contributed by atoms with van der Waals surface area (Å²) in [7, 11) is 0. The van der Waals surface area contributed by atoms with Gasteiger partial charge in [-0.2, -0.15) is 0 Å². The Kier molecular flexibility index (Phi) is 5.57. The van der Waals surface area contributed by atoms with Crippen LogP contribution in [0.4, 0.5) is 0 Å². The Bertz CT molecular complexity index is 273. The summed E-state index contributed by atoms with van der Waals surface area (Å²) in [6, 6.07) is 8.03. The maximum atomic E-state index is 5.34. The van der Waals surface area contributed by atoms with Crippen LogP contribution in [0.15, 0.2) is 30.3 Å². The summed E-state index contributed by atoms with van der Waals surface area (Å²) in [6.45, 7) is 0.705. The van der Waals surface area contributed by atoms with Crippen LogP contribution >= 0.6 is 0 Å². The molecular weight excluding hydrogens is 284 g/mol. The standard InChI is InChI=1S/C9H8O.Cu.Mo/c1-2-6-9-8(4-1)5-3-7-10-9;;/h1-6H,7H2;;. The summed E-state index contributed by atoms with van der Waals surface area (Å²) in [5.74, 6) is 0.991. The molecule has 2 rings (SSSR count). The molecule has 12 heavy (non-hydrogen) atoms. The van der Waals surface area contributed by atoms with Crippen molar-refractivity contribution in [2.24, 2.45) is 0 Å². The number of ether oxygens (including phenoxy) is 1. The molecule has 0 saturated carbocycles. The Morgan fingerprint density at radius 2 is 1.92 bits per heavy atom. The SMILES string of the molecule is C1=Cc2ccccc2OC1.[Cu].[Mo]. The van der Waals surface area contributed by atoms with Gasteiger partial charge in [-0.3, -0.25) is 0 Å². The Hall–Kier alpha value is -0.0322. The minimum absolute atomic E-state index is 0. The monoisotopic (exact) mass is 293 g/mol. The molecule has 0 fully saturated rings. The van der Waals surface area contributed by atoms with Crippen molar-refractivity contribution in [3.05, 3.63) is 35.9 Å². The number of hydrogen-bond acceptors (Lipinski definition) is 1. The molecule has 1 aromatic rings. The van der Waals surface area contributed by atoms with E-state index in [1.807, 2.05) is 30.3 Å². The summed E-state index contributed by atoms with van der Waals surface area (Å²) in [5, 5.41) is 0. The topological polar surface area (TPSA) is 9.23 Å². The van der Waals surface area contributed by atoms with E-state index < -0.39 is 0 Å². The Balaban J connectivity index is 0.000000605. The number of rotatable bonds is 0. The van der Waals surface area contributed by atoms with E-state index in [2.05, 4.69) is 6.08 Å². The van der Waals surface area contributed by atoms with Crippen LogP contribution in [0.3, 0.4) is 0 Å². The molecule has 0 spiro atoms. The van der Waals surface area contributed by atoms with Crippen LogP contribution in [0.25, 0.3) is 6.08 Å². The molecule has 1 aliphatic rings. The molecule has 0 bridgehead atoms. The van der Waals surface area contributed by atoms with Crippen molar-refractivity contribution in [1.29, 1.82) is 0 Å². The molecule has 1 aliphatic heterocycles. The van der Waals surface area contributed by atoms with Gasteiger partial charge in [-0.05, 0) is 12.1 Å². The van der Waals surface area contributed by atoms with E-state index in [-0.39, 0.29) is 38.1 Å². The largest absolute Gasteiger partial charge is 0.489 e. The smallest absolute Gasteiger partial charge is 0.126 e. The molecule has 0 atom stereocenters. The summed E-state index contributed by atoms with van der Waals surface area (Å²) >= 11 is 0. The molecular formula is C9H8CuMoO. The first kappa shape index (κ1) is 12.0. The maximum Gasteiger partial charge on any atom is 0.126 e. The molecule has 1 radical (unpaired) electrons. The van der Waals surface area contributed by atoms with Crippen LogP contribution in [0.2, 0.25) is 0 Å². The Labute approximate surface area is 96.9 Å². The first-order valence-electron chi connectivity index (χ1n) is 3.35. The second-order valence-electron chi connectivity index (χ2n) is 2.25. The van der Waals surface area contributed by atoms with Crippen LogP contribution in [0, 0.1) is 0 Å². The number of benzene rings is 1. The second-order valence-corrected chi connectivity index (χ2v) is 2.25. The van der Waals surface area contributed by atoms with Gasteiger partial charge in [-0.25, -0.2) is 0 Å². The molecule has 3 heteroatoms. The number of fused-ring (bicyclic) bond motifs is 1. The van der Waals surface area contributed by atoms with Crippen LogP contribution in [0.1, 0.15) is 5.56 Å². The predicted octanol–water partition coefficient (Wildman–Crippen LogP) is 2.09. The van der Waals surface area contributed by atoms with Gasteiger partial charge in [0, 0.05) is 43.7 Å². The summed E-state index contributed by atoms with van der Waals surface area (Å²) < 4.78 is 5.34. The van der Waals surface area contributed by atoms with Crippen molar-refractivity contribution in [2.75, 3.05) is 6.61 Å². The van der Waals surface area contributed by atoms with Crippen LogP contribution < -0.4 is 4.74 Å². The van der Waals surface area contributed by atoms with Gasteiger partial charge in [-0.15, -0.1) is 0 Å². The minimum atomic E-state index is 0. The molecule has 1 nitrogen and oxygen atoms in total. The van der Waals surface area contributed by atoms with E-state index >= 15 is 0 Å². The van der Waals surface area contributed by atoms with Gasteiger partial charge in [0.05, 0.1) is 0 Å². The minimum Gasteiger partial charge on any atom is -0.489 e. The average Bonchev–Trinajstić information content (AvgIpc) is 2.05. The molecule has 0 aliphatic carbocycles. The van der Waals surface area contributed by atoms with Crippen molar-refractivity contribution in [3.8, 4) is 5.75 Å². The summed E-state index contributed by atoms with van der Waals surface area (Å²) in [5.41, 5.74) is 1.17. The van der Waals surface area contributed by atoms with Crippen molar-refractivity contribution in [3.63, 3.8) is 0 Å². The van der Waals surface area contributed by atoms with Crippen molar-refractivity contribution < 1.29 is 42.9 Å². The van der Waals surface area contributed by atoms with Gasteiger partial charge in [0.25, 0.3) is 0 Å². The van der Waals surface area contributed by atoms with Crippen molar-refractivity contribution >= 4 is 6.08 Å². The summed E-state index contributed by atoms with van der Waals surface area (Å²) in [4.78, 5) is 0. The number of para-hydroxylation sites is 1. The first-order chi connectivity index (χ1) is 4.97. The predicted molar refractivity (Wildman–Crippen MR) is 41.0 cm³/mol. The van der Waals surface area contributed by atoms with Gasteiger partial charge < -0.3 is 4.74 Å². The molecule has 0 N–H and O–H groups in total. The fourth-order valence-electron chi connectivity index (χ4n) is 1.06. The van der Waals surface area contributed by atoms with E-state index in [0.29, 0.717) is 6.61 Å². The molecule has 67 valence electrons.